The van der Waals surface area contributed by atoms with E-state index < -0.39 is 17.5 Å². The Kier molecular flexibility index (Phi) is 2.39. The van der Waals surface area contributed by atoms with Gasteiger partial charge in [0.1, 0.15) is 17.3 Å². The molecule has 0 saturated heterocycles. The van der Waals surface area contributed by atoms with Crippen LogP contribution in [0, 0.1) is 5.82 Å². The SMILES string of the molecule is O=C1Nc2ccc(F)cc2/C1=C1/Nc2ccc(O)cc2C1=O. The number of phenolic OH excluding ortho intramolecular Hbond substituents is 1. The largest absolute Gasteiger partial charge is 0.508 e. The maximum atomic E-state index is 13.5. The van der Waals surface area contributed by atoms with E-state index in [9.17, 15) is 19.1 Å². The van der Waals surface area contributed by atoms with Crippen molar-refractivity contribution in [2.45, 2.75) is 0 Å². The number of hydrogen-bond donors (Lipinski definition) is 3. The third kappa shape index (κ3) is 1.64. The lowest BCUT2D eigenvalue weighted by atomic mass is 10.0. The number of amides is 1. The number of anilines is 2. The second-order valence-corrected chi connectivity index (χ2v) is 5.08. The van der Waals surface area contributed by atoms with Gasteiger partial charge < -0.3 is 15.7 Å². The number of rotatable bonds is 0. The van der Waals surface area contributed by atoms with Gasteiger partial charge in [0, 0.05) is 11.3 Å². The van der Waals surface area contributed by atoms with E-state index >= 15 is 0 Å². The predicted molar refractivity (Wildman–Crippen MR) is 78.0 cm³/mol. The van der Waals surface area contributed by atoms with Gasteiger partial charge in [0.25, 0.3) is 5.91 Å². The summed E-state index contributed by atoms with van der Waals surface area (Å²) < 4.78 is 13.5. The van der Waals surface area contributed by atoms with Gasteiger partial charge in [0.05, 0.1) is 16.8 Å². The Bertz CT molecular complexity index is 902. The summed E-state index contributed by atoms with van der Waals surface area (Å²) in [4.78, 5) is 24.6. The van der Waals surface area contributed by atoms with Gasteiger partial charge in [-0.15, -0.1) is 0 Å². The number of carbonyl (C=O) groups excluding carboxylic acids is 2. The fourth-order valence-electron chi connectivity index (χ4n) is 2.72. The van der Waals surface area contributed by atoms with E-state index in [0.717, 1.165) is 0 Å². The minimum Gasteiger partial charge on any atom is -0.508 e. The van der Waals surface area contributed by atoms with Crippen molar-refractivity contribution in [2.24, 2.45) is 0 Å². The number of benzene rings is 2. The molecule has 0 fully saturated rings. The molecule has 0 saturated carbocycles. The van der Waals surface area contributed by atoms with Crippen molar-refractivity contribution in [1.29, 1.82) is 0 Å². The van der Waals surface area contributed by atoms with E-state index in [0.29, 0.717) is 16.9 Å². The number of nitrogens with one attached hydrogen (secondary N) is 2. The summed E-state index contributed by atoms with van der Waals surface area (Å²) in [5, 5.41) is 15.0. The summed E-state index contributed by atoms with van der Waals surface area (Å²) in [6.45, 7) is 0. The summed E-state index contributed by atoms with van der Waals surface area (Å²) in [5.41, 5.74) is 1.78. The number of fused-ring (bicyclic) bond motifs is 2. The molecule has 2 aromatic rings. The van der Waals surface area contributed by atoms with Gasteiger partial charge in [0.2, 0.25) is 5.78 Å². The number of phenols is 1. The molecule has 1 amide bonds. The van der Waals surface area contributed by atoms with Gasteiger partial charge in [0.15, 0.2) is 0 Å². The maximum Gasteiger partial charge on any atom is 0.258 e. The molecule has 5 nitrogen and oxygen atoms in total. The van der Waals surface area contributed by atoms with E-state index in [-0.39, 0.29) is 22.6 Å². The lowest BCUT2D eigenvalue weighted by Gasteiger charge is -2.03. The molecule has 0 atom stereocenters. The molecular formula is C16H9FN2O3. The zero-order chi connectivity index (χ0) is 15.4. The second kappa shape index (κ2) is 4.17. The Morgan fingerprint density at radius 2 is 1.64 bits per heavy atom. The summed E-state index contributed by atoms with van der Waals surface area (Å²) in [7, 11) is 0. The van der Waals surface area contributed by atoms with Gasteiger partial charge in [-0.1, -0.05) is 0 Å². The number of allylic oxidation sites excluding steroid dienone is 1. The van der Waals surface area contributed by atoms with Crippen molar-refractivity contribution in [3.8, 4) is 5.75 Å². The third-order valence-corrected chi connectivity index (χ3v) is 3.71. The van der Waals surface area contributed by atoms with Crippen LogP contribution in [-0.4, -0.2) is 16.8 Å². The summed E-state index contributed by atoms with van der Waals surface area (Å²) in [6.07, 6.45) is 0. The highest BCUT2D eigenvalue weighted by molar-refractivity contribution is 6.38. The number of halogens is 1. The van der Waals surface area contributed by atoms with Crippen LogP contribution in [-0.2, 0) is 4.79 Å². The van der Waals surface area contributed by atoms with Crippen molar-refractivity contribution in [2.75, 3.05) is 10.6 Å². The van der Waals surface area contributed by atoms with Crippen LogP contribution in [0.5, 0.6) is 5.75 Å². The molecule has 0 aromatic heterocycles. The molecule has 2 aromatic carbocycles. The molecule has 4 rings (SSSR count). The van der Waals surface area contributed by atoms with E-state index in [2.05, 4.69) is 10.6 Å². The van der Waals surface area contributed by atoms with Crippen molar-refractivity contribution >= 4 is 28.6 Å². The number of carbonyl (C=O) groups is 2. The van der Waals surface area contributed by atoms with E-state index in [1.165, 1.54) is 30.3 Å². The van der Waals surface area contributed by atoms with Crippen molar-refractivity contribution in [3.63, 3.8) is 0 Å². The first-order valence-corrected chi connectivity index (χ1v) is 6.55. The van der Waals surface area contributed by atoms with Crippen LogP contribution in [0.4, 0.5) is 15.8 Å². The zero-order valence-electron chi connectivity index (χ0n) is 11.1. The molecule has 0 unspecified atom stereocenters. The van der Waals surface area contributed by atoms with Gasteiger partial charge in [-0.05, 0) is 36.4 Å². The average Bonchev–Trinajstić information content (AvgIpc) is 2.96. The molecule has 0 spiro atoms. The number of Topliss-reactive ketones (excluding diaryl/α,β-unsaturated/α-hetero) is 1. The fraction of sp³-hybridized carbons (Fsp3) is 0. The van der Waals surface area contributed by atoms with Crippen LogP contribution in [0.2, 0.25) is 0 Å². The lowest BCUT2D eigenvalue weighted by Crippen LogP contribution is -2.11. The molecule has 2 aliphatic heterocycles. The van der Waals surface area contributed by atoms with Gasteiger partial charge in [-0.2, -0.15) is 0 Å². The van der Waals surface area contributed by atoms with Gasteiger partial charge in [-0.25, -0.2) is 4.39 Å². The number of aromatic hydroxyl groups is 1. The van der Waals surface area contributed by atoms with Crippen LogP contribution < -0.4 is 10.6 Å². The predicted octanol–water partition coefficient (Wildman–Crippen LogP) is 2.50. The van der Waals surface area contributed by atoms with Crippen molar-refractivity contribution in [3.05, 3.63) is 59.0 Å². The topological polar surface area (TPSA) is 78.4 Å². The normalized spacial score (nSPS) is 18.8. The molecule has 108 valence electrons. The Labute approximate surface area is 124 Å². The second-order valence-electron chi connectivity index (χ2n) is 5.08. The van der Waals surface area contributed by atoms with Crippen LogP contribution in [0.25, 0.3) is 5.57 Å². The molecule has 0 aliphatic carbocycles. The number of hydrogen-bond acceptors (Lipinski definition) is 4. The Balaban J connectivity index is 1.93. The summed E-state index contributed by atoms with van der Waals surface area (Å²) in [5.74, 6) is -1.40. The highest BCUT2D eigenvalue weighted by atomic mass is 19.1. The minimum absolute atomic E-state index is 0.0394. The number of ketones is 1. The van der Waals surface area contributed by atoms with Crippen LogP contribution >= 0.6 is 0 Å². The smallest absolute Gasteiger partial charge is 0.258 e. The highest BCUT2D eigenvalue weighted by Crippen LogP contribution is 2.39. The zero-order valence-corrected chi connectivity index (χ0v) is 11.1. The molecule has 6 heteroatoms. The quantitative estimate of drug-likeness (QED) is 0.515. The molecule has 0 radical (unpaired) electrons. The molecule has 0 bridgehead atoms. The van der Waals surface area contributed by atoms with Gasteiger partial charge >= 0.3 is 0 Å². The Morgan fingerprint density at radius 1 is 0.909 bits per heavy atom. The van der Waals surface area contributed by atoms with Crippen molar-refractivity contribution in [1.82, 2.24) is 0 Å². The molecule has 2 aliphatic rings. The Hall–Kier alpha value is -3.15. The average molecular weight is 296 g/mol. The first-order chi connectivity index (χ1) is 10.5. The summed E-state index contributed by atoms with van der Waals surface area (Å²) >= 11 is 0. The highest BCUT2D eigenvalue weighted by Gasteiger charge is 2.35. The molecule has 2 heterocycles. The Morgan fingerprint density at radius 3 is 2.45 bits per heavy atom. The van der Waals surface area contributed by atoms with E-state index in [4.69, 9.17) is 0 Å². The van der Waals surface area contributed by atoms with Crippen LogP contribution in [0.3, 0.4) is 0 Å². The van der Waals surface area contributed by atoms with Crippen LogP contribution in [0.1, 0.15) is 15.9 Å². The van der Waals surface area contributed by atoms with E-state index in [1.807, 2.05) is 0 Å². The lowest BCUT2D eigenvalue weighted by molar-refractivity contribution is -0.110. The van der Waals surface area contributed by atoms with Crippen LogP contribution in [0.15, 0.2) is 42.1 Å². The maximum absolute atomic E-state index is 13.5. The first-order valence-electron chi connectivity index (χ1n) is 6.55. The van der Waals surface area contributed by atoms with Crippen molar-refractivity contribution < 1.29 is 19.1 Å². The standard InChI is InChI=1S/C16H9FN2O3/c17-7-1-3-11-9(5-7)13(16(22)19-11)14-15(21)10-6-8(20)2-4-12(10)18-14/h1-6,18,20H,(H,19,22)/b14-13-. The van der Waals surface area contributed by atoms with E-state index in [1.54, 1.807) is 6.07 Å². The molecular weight excluding hydrogens is 287 g/mol. The molecule has 22 heavy (non-hydrogen) atoms. The monoisotopic (exact) mass is 296 g/mol. The first kappa shape index (κ1) is 12.6. The van der Waals surface area contributed by atoms with Gasteiger partial charge in [-0.3, -0.25) is 9.59 Å². The summed E-state index contributed by atoms with van der Waals surface area (Å²) in [6, 6.07) is 8.23. The molecule has 3 N–H and O–H groups in total. The third-order valence-electron chi connectivity index (χ3n) is 3.71. The minimum atomic E-state index is -0.492. The fourth-order valence-corrected chi connectivity index (χ4v) is 2.72.